The SMILES string of the molecule is CCCC(CCO)CN=C(NCC)NCC1CCCN1CC. The Kier molecular flexibility index (Phi) is 10.2. The summed E-state index contributed by atoms with van der Waals surface area (Å²) in [6, 6.07) is 0.637. The molecule has 2 atom stereocenters. The number of hydrogen-bond donors (Lipinski definition) is 3. The van der Waals surface area contributed by atoms with Crippen molar-refractivity contribution in [2.75, 3.05) is 39.3 Å². The average Bonchev–Trinajstić information content (AvgIpc) is 2.97. The van der Waals surface area contributed by atoms with Gasteiger partial charge < -0.3 is 15.7 Å². The van der Waals surface area contributed by atoms with E-state index >= 15 is 0 Å². The molecule has 0 radical (unpaired) electrons. The maximum absolute atomic E-state index is 9.15. The molecule has 0 spiro atoms. The normalized spacial score (nSPS) is 21.1. The van der Waals surface area contributed by atoms with Crippen LogP contribution < -0.4 is 10.6 Å². The minimum Gasteiger partial charge on any atom is -0.396 e. The van der Waals surface area contributed by atoms with Crippen molar-refractivity contribution in [3.63, 3.8) is 0 Å². The summed E-state index contributed by atoms with van der Waals surface area (Å²) in [6.45, 7) is 11.8. The first-order chi connectivity index (χ1) is 10.7. The van der Waals surface area contributed by atoms with Gasteiger partial charge in [0.2, 0.25) is 0 Å². The molecule has 0 aromatic heterocycles. The Labute approximate surface area is 136 Å². The number of nitrogens with zero attached hydrogens (tertiary/aromatic N) is 2. The second kappa shape index (κ2) is 11.7. The third-order valence-electron chi connectivity index (χ3n) is 4.50. The van der Waals surface area contributed by atoms with E-state index in [4.69, 9.17) is 10.1 Å². The smallest absolute Gasteiger partial charge is 0.191 e. The lowest BCUT2D eigenvalue weighted by Gasteiger charge is -2.24. The number of guanidine groups is 1. The molecule has 1 aliphatic rings. The first-order valence-electron chi connectivity index (χ1n) is 9.12. The zero-order chi connectivity index (χ0) is 16.2. The van der Waals surface area contributed by atoms with E-state index in [1.54, 1.807) is 0 Å². The van der Waals surface area contributed by atoms with Crippen molar-refractivity contribution in [1.29, 1.82) is 0 Å². The second-order valence-electron chi connectivity index (χ2n) is 6.19. The van der Waals surface area contributed by atoms with Crippen LogP contribution in [0.5, 0.6) is 0 Å². The van der Waals surface area contributed by atoms with Crippen LogP contribution in [-0.4, -0.2) is 61.3 Å². The Bertz CT molecular complexity index is 303. The number of likely N-dealkylation sites (N-methyl/N-ethyl adjacent to an activating group) is 1. The van der Waals surface area contributed by atoms with Gasteiger partial charge in [-0.25, -0.2) is 0 Å². The highest BCUT2D eigenvalue weighted by atomic mass is 16.3. The Balaban J connectivity index is 2.46. The Morgan fingerprint density at radius 2 is 2.09 bits per heavy atom. The largest absolute Gasteiger partial charge is 0.396 e. The lowest BCUT2D eigenvalue weighted by atomic mass is 10.0. The quantitative estimate of drug-likeness (QED) is 0.425. The highest BCUT2D eigenvalue weighted by molar-refractivity contribution is 5.79. The summed E-state index contributed by atoms with van der Waals surface area (Å²) < 4.78 is 0. The molecule has 0 bridgehead atoms. The van der Waals surface area contributed by atoms with Crippen LogP contribution in [0.4, 0.5) is 0 Å². The Morgan fingerprint density at radius 1 is 1.27 bits per heavy atom. The van der Waals surface area contributed by atoms with Gasteiger partial charge in [0, 0.05) is 32.3 Å². The van der Waals surface area contributed by atoms with Gasteiger partial charge in [-0.05, 0) is 51.6 Å². The van der Waals surface area contributed by atoms with Gasteiger partial charge in [0.1, 0.15) is 0 Å². The molecule has 1 rings (SSSR count). The van der Waals surface area contributed by atoms with Crippen LogP contribution in [-0.2, 0) is 0 Å². The molecule has 5 nitrogen and oxygen atoms in total. The minimum absolute atomic E-state index is 0.262. The van der Waals surface area contributed by atoms with Crippen molar-refractivity contribution < 1.29 is 5.11 Å². The molecule has 1 fully saturated rings. The van der Waals surface area contributed by atoms with Crippen molar-refractivity contribution in [2.24, 2.45) is 10.9 Å². The lowest BCUT2D eigenvalue weighted by molar-refractivity contribution is 0.253. The van der Waals surface area contributed by atoms with Gasteiger partial charge in [0.05, 0.1) is 0 Å². The molecular weight excluding hydrogens is 276 g/mol. The predicted molar refractivity (Wildman–Crippen MR) is 94.4 cm³/mol. The van der Waals surface area contributed by atoms with Gasteiger partial charge in [0.15, 0.2) is 5.96 Å². The van der Waals surface area contributed by atoms with Crippen LogP contribution in [0.25, 0.3) is 0 Å². The topological polar surface area (TPSA) is 59.9 Å². The molecule has 5 heteroatoms. The molecular formula is C17H36N4O. The van der Waals surface area contributed by atoms with E-state index in [0.717, 1.165) is 51.4 Å². The van der Waals surface area contributed by atoms with Crippen molar-refractivity contribution in [2.45, 2.75) is 58.9 Å². The van der Waals surface area contributed by atoms with Gasteiger partial charge in [-0.3, -0.25) is 9.89 Å². The first-order valence-corrected chi connectivity index (χ1v) is 9.12. The fraction of sp³-hybridized carbons (Fsp3) is 0.941. The van der Waals surface area contributed by atoms with Crippen LogP contribution in [0.1, 0.15) is 52.9 Å². The van der Waals surface area contributed by atoms with Crippen LogP contribution in [0, 0.1) is 5.92 Å². The van der Waals surface area contributed by atoms with Crippen molar-refractivity contribution in [1.82, 2.24) is 15.5 Å². The number of hydrogen-bond acceptors (Lipinski definition) is 3. The molecule has 0 aromatic carbocycles. The number of rotatable bonds is 10. The number of aliphatic imine (C=N–C) groups is 1. The van der Waals surface area contributed by atoms with Gasteiger partial charge in [-0.1, -0.05) is 20.3 Å². The lowest BCUT2D eigenvalue weighted by Crippen LogP contribution is -2.45. The van der Waals surface area contributed by atoms with E-state index in [-0.39, 0.29) is 6.61 Å². The zero-order valence-corrected chi connectivity index (χ0v) is 14.8. The monoisotopic (exact) mass is 312 g/mol. The molecule has 2 unspecified atom stereocenters. The van der Waals surface area contributed by atoms with Crippen LogP contribution >= 0.6 is 0 Å². The Hall–Kier alpha value is -0.810. The zero-order valence-electron chi connectivity index (χ0n) is 14.8. The number of likely N-dealkylation sites (tertiary alicyclic amines) is 1. The third kappa shape index (κ3) is 6.97. The van der Waals surface area contributed by atoms with Crippen LogP contribution in [0.2, 0.25) is 0 Å². The summed E-state index contributed by atoms with van der Waals surface area (Å²) in [7, 11) is 0. The van der Waals surface area contributed by atoms with Crippen molar-refractivity contribution in [3.8, 4) is 0 Å². The molecule has 0 saturated carbocycles. The fourth-order valence-electron chi connectivity index (χ4n) is 3.24. The van der Waals surface area contributed by atoms with Crippen molar-refractivity contribution >= 4 is 5.96 Å². The number of aliphatic hydroxyl groups excluding tert-OH is 1. The van der Waals surface area contributed by atoms with E-state index in [2.05, 4.69) is 36.3 Å². The highest BCUT2D eigenvalue weighted by Gasteiger charge is 2.22. The predicted octanol–water partition coefficient (Wildman–Crippen LogP) is 1.82. The number of nitrogens with one attached hydrogen (secondary N) is 2. The molecule has 1 heterocycles. The third-order valence-corrected chi connectivity index (χ3v) is 4.50. The van der Waals surface area contributed by atoms with Crippen LogP contribution in [0.3, 0.4) is 0 Å². The average molecular weight is 313 g/mol. The molecule has 0 aliphatic carbocycles. The van der Waals surface area contributed by atoms with Crippen molar-refractivity contribution in [3.05, 3.63) is 0 Å². The molecule has 0 aromatic rings. The molecule has 0 amide bonds. The second-order valence-corrected chi connectivity index (χ2v) is 6.19. The maximum atomic E-state index is 9.15. The van der Waals surface area contributed by atoms with E-state index < -0.39 is 0 Å². The summed E-state index contributed by atoms with van der Waals surface area (Å²) in [6.07, 6.45) is 5.72. The van der Waals surface area contributed by atoms with E-state index in [9.17, 15) is 0 Å². The van der Waals surface area contributed by atoms with Gasteiger partial charge in [-0.2, -0.15) is 0 Å². The minimum atomic E-state index is 0.262. The standard InChI is InChI=1S/C17H36N4O/c1-4-8-15(10-12-22)13-19-17(18-5-2)20-14-16-9-7-11-21(16)6-3/h15-16,22H,4-14H2,1-3H3,(H2,18,19,20). The summed E-state index contributed by atoms with van der Waals surface area (Å²) in [5, 5.41) is 16.0. The highest BCUT2D eigenvalue weighted by Crippen LogP contribution is 2.15. The molecule has 1 saturated heterocycles. The molecule has 1 aliphatic heterocycles. The molecule has 130 valence electrons. The maximum Gasteiger partial charge on any atom is 0.191 e. The van der Waals surface area contributed by atoms with E-state index in [0.29, 0.717) is 12.0 Å². The summed E-state index contributed by atoms with van der Waals surface area (Å²) in [4.78, 5) is 7.27. The first kappa shape index (κ1) is 19.2. The van der Waals surface area contributed by atoms with Crippen LogP contribution in [0.15, 0.2) is 4.99 Å². The molecule has 22 heavy (non-hydrogen) atoms. The Morgan fingerprint density at radius 3 is 2.73 bits per heavy atom. The summed E-state index contributed by atoms with van der Waals surface area (Å²) in [5.74, 6) is 1.41. The summed E-state index contributed by atoms with van der Waals surface area (Å²) >= 11 is 0. The van der Waals surface area contributed by atoms with Gasteiger partial charge in [-0.15, -0.1) is 0 Å². The van der Waals surface area contributed by atoms with E-state index in [1.807, 2.05) is 0 Å². The summed E-state index contributed by atoms with van der Waals surface area (Å²) in [5.41, 5.74) is 0. The fourth-order valence-corrected chi connectivity index (χ4v) is 3.24. The number of aliphatic hydroxyl groups is 1. The van der Waals surface area contributed by atoms with E-state index in [1.165, 1.54) is 19.4 Å². The van der Waals surface area contributed by atoms with Gasteiger partial charge in [0.25, 0.3) is 0 Å². The van der Waals surface area contributed by atoms with Gasteiger partial charge >= 0.3 is 0 Å². The molecule has 3 N–H and O–H groups in total.